The minimum atomic E-state index is -0.537. The molecule has 10 heteroatoms. The van der Waals surface area contributed by atoms with Crippen LogP contribution < -0.4 is 10.3 Å². The van der Waals surface area contributed by atoms with Crippen LogP contribution in [0.2, 0.25) is 0 Å². The molecule has 1 heterocycles. The quantitative estimate of drug-likeness (QED) is 0.166. The van der Waals surface area contributed by atoms with Crippen LogP contribution in [0, 0.1) is 10.1 Å². The summed E-state index contributed by atoms with van der Waals surface area (Å²) >= 11 is 6.65. The molecule has 0 saturated carbocycles. The molecule has 0 aliphatic heterocycles. The van der Waals surface area contributed by atoms with Crippen molar-refractivity contribution in [2.45, 2.75) is 19.8 Å². The Morgan fingerprint density at radius 2 is 2.06 bits per heavy atom. The summed E-state index contributed by atoms with van der Waals surface area (Å²) in [7, 11) is 0. The number of aryl methyl sites for hydroxylation is 1. The van der Waals surface area contributed by atoms with E-state index >= 15 is 0 Å². The van der Waals surface area contributed by atoms with Crippen LogP contribution in [0.1, 0.15) is 24.7 Å². The van der Waals surface area contributed by atoms with Gasteiger partial charge in [-0.05, 0) is 30.7 Å². The van der Waals surface area contributed by atoms with E-state index in [9.17, 15) is 14.9 Å². The first-order chi connectivity index (χ1) is 14.8. The molecule has 31 heavy (non-hydrogen) atoms. The van der Waals surface area contributed by atoms with Crippen LogP contribution in [0.25, 0.3) is 10.9 Å². The number of nitrogens with zero attached hydrogens (tertiary/aromatic N) is 4. The smallest absolute Gasteiger partial charge is 0.312 e. The third kappa shape index (κ3) is 5.08. The first kappa shape index (κ1) is 22.8. The second-order valence-corrected chi connectivity index (χ2v) is 8.33. The summed E-state index contributed by atoms with van der Waals surface area (Å²) in [5.41, 5.74) is 0.367. The van der Waals surface area contributed by atoms with Crippen molar-refractivity contribution in [3.05, 3.63) is 83.8 Å². The topological polar surface area (TPSA) is 99.6 Å². The van der Waals surface area contributed by atoms with Crippen LogP contribution in [-0.2, 0) is 6.42 Å². The van der Waals surface area contributed by atoms with Gasteiger partial charge < -0.3 is 4.74 Å². The first-order valence-corrected chi connectivity index (χ1v) is 10.9. The summed E-state index contributed by atoms with van der Waals surface area (Å²) in [6.07, 6.45) is 4.15. The number of halogens is 2. The zero-order chi connectivity index (χ0) is 22.5. The third-order valence-corrected chi connectivity index (χ3v) is 5.22. The molecule has 160 valence electrons. The van der Waals surface area contributed by atoms with Gasteiger partial charge in [0, 0.05) is 27.0 Å². The molecule has 0 N–H and O–H groups in total. The fraction of sp³-hybridized carbons (Fsp3) is 0.190. The SMILES string of the molecule is C=CCOc1c(C=Nn2c(CCC)nc3ccc(Br)cc3c2=O)cc(Br)cc1[N+](=O)[O-]. The summed E-state index contributed by atoms with van der Waals surface area (Å²) in [6, 6.07) is 8.26. The van der Waals surface area contributed by atoms with Crippen molar-refractivity contribution in [3.63, 3.8) is 0 Å². The number of aromatic nitrogens is 2. The second-order valence-electron chi connectivity index (χ2n) is 6.50. The van der Waals surface area contributed by atoms with Gasteiger partial charge in [0.1, 0.15) is 12.4 Å². The highest BCUT2D eigenvalue weighted by molar-refractivity contribution is 9.10. The zero-order valence-electron chi connectivity index (χ0n) is 16.5. The fourth-order valence-corrected chi connectivity index (χ4v) is 3.77. The highest BCUT2D eigenvalue weighted by Crippen LogP contribution is 2.34. The van der Waals surface area contributed by atoms with Crippen LogP contribution >= 0.6 is 31.9 Å². The molecule has 0 saturated heterocycles. The molecule has 0 aliphatic carbocycles. The minimum absolute atomic E-state index is 0.0402. The van der Waals surface area contributed by atoms with E-state index < -0.39 is 4.92 Å². The first-order valence-electron chi connectivity index (χ1n) is 9.32. The zero-order valence-corrected chi connectivity index (χ0v) is 19.7. The van der Waals surface area contributed by atoms with Crippen molar-refractivity contribution in [1.82, 2.24) is 9.66 Å². The van der Waals surface area contributed by atoms with Gasteiger partial charge in [0.2, 0.25) is 5.75 Å². The third-order valence-electron chi connectivity index (χ3n) is 4.27. The number of fused-ring (bicyclic) bond motifs is 1. The maximum absolute atomic E-state index is 13.1. The molecule has 0 aliphatic rings. The fourth-order valence-electron chi connectivity index (χ4n) is 2.95. The normalized spacial score (nSPS) is 11.2. The Morgan fingerprint density at radius 3 is 2.74 bits per heavy atom. The van der Waals surface area contributed by atoms with E-state index in [1.54, 1.807) is 18.2 Å². The van der Waals surface area contributed by atoms with E-state index in [-0.39, 0.29) is 23.6 Å². The largest absolute Gasteiger partial charge is 0.482 e. The van der Waals surface area contributed by atoms with Gasteiger partial charge in [-0.15, -0.1) is 0 Å². The molecule has 3 rings (SSSR count). The summed E-state index contributed by atoms with van der Waals surface area (Å²) < 4.78 is 7.99. The Labute approximate surface area is 194 Å². The Kier molecular flexibility index (Phi) is 7.34. The molecular weight excluding hydrogens is 532 g/mol. The van der Waals surface area contributed by atoms with Crippen molar-refractivity contribution in [2.75, 3.05) is 6.61 Å². The predicted molar refractivity (Wildman–Crippen MR) is 127 cm³/mol. The molecule has 0 atom stereocenters. The average molecular weight is 550 g/mol. The van der Waals surface area contributed by atoms with Gasteiger partial charge in [-0.1, -0.05) is 51.4 Å². The van der Waals surface area contributed by atoms with Crippen molar-refractivity contribution in [3.8, 4) is 5.75 Å². The van der Waals surface area contributed by atoms with Crippen LogP contribution in [0.5, 0.6) is 5.75 Å². The van der Waals surface area contributed by atoms with Gasteiger partial charge in [-0.2, -0.15) is 9.78 Å². The van der Waals surface area contributed by atoms with Crippen molar-refractivity contribution < 1.29 is 9.66 Å². The van der Waals surface area contributed by atoms with Crippen molar-refractivity contribution in [1.29, 1.82) is 0 Å². The van der Waals surface area contributed by atoms with Crippen LogP contribution in [-0.4, -0.2) is 27.4 Å². The second kappa shape index (κ2) is 9.97. The van der Waals surface area contributed by atoms with Gasteiger partial charge in [0.05, 0.1) is 22.0 Å². The number of hydrogen-bond donors (Lipinski definition) is 0. The van der Waals surface area contributed by atoms with Gasteiger partial charge >= 0.3 is 5.69 Å². The van der Waals surface area contributed by atoms with E-state index in [1.165, 1.54) is 23.0 Å². The van der Waals surface area contributed by atoms with Crippen LogP contribution in [0.15, 0.2) is 61.8 Å². The number of ether oxygens (including phenoxy) is 1. The highest BCUT2D eigenvalue weighted by atomic mass is 79.9. The summed E-state index contributed by atoms with van der Waals surface area (Å²) in [5, 5.41) is 16.2. The highest BCUT2D eigenvalue weighted by Gasteiger charge is 2.20. The monoisotopic (exact) mass is 548 g/mol. The lowest BCUT2D eigenvalue weighted by Gasteiger charge is -2.10. The van der Waals surface area contributed by atoms with Gasteiger partial charge in [-0.3, -0.25) is 14.9 Å². The maximum Gasteiger partial charge on any atom is 0.312 e. The Bertz CT molecular complexity index is 1250. The molecule has 0 radical (unpaired) electrons. The molecule has 0 amide bonds. The maximum atomic E-state index is 13.1. The number of hydrogen-bond acceptors (Lipinski definition) is 6. The van der Waals surface area contributed by atoms with E-state index in [0.29, 0.717) is 33.2 Å². The molecule has 0 spiro atoms. The lowest BCUT2D eigenvalue weighted by Crippen LogP contribution is -2.22. The Hall–Kier alpha value is -2.85. The summed E-state index contributed by atoms with van der Waals surface area (Å²) in [4.78, 5) is 28.7. The lowest BCUT2D eigenvalue weighted by molar-refractivity contribution is -0.385. The molecule has 0 fully saturated rings. The molecule has 8 nitrogen and oxygen atoms in total. The van der Waals surface area contributed by atoms with Crippen molar-refractivity contribution >= 4 is 54.7 Å². The van der Waals surface area contributed by atoms with Gasteiger partial charge in [0.25, 0.3) is 5.56 Å². The average Bonchev–Trinajstić information content (AvgIpc) is 2.73. The van der Waals surface area contributed by atoms with Gasteiger partial charge in [-0.25, -0.2) is 4.98 Å². The minimum Gasteiger partial charge on any atom is -0.482 e. The standard InChI is InChI=1S/C21H18Br2N4O4/c1-3-5-19-25-17-7-6-14(22)10-16(17)21(28)26(19)24-12-13-9-15(23)11-18(27(29)30)20(13)31-8-4-2/h4,6-7,9-12H,2-3,5,8H2,1H3. The Morgan fingerprint density at radius 1 is 1.29 bits per heavy atom. The van der Waals surface area contributed by atoms with E-state index in [0.717, 1.165) is 10.9 Å². The van der Waals surface area contributed by atoms with E-state index in [2.05, 4.69) is 48.5 Å². The van der Waals surface area contributed by atoms with E-state index in [1.807, 2.05) is 13.0 Å². The number of nitro groups is 1. The lowest BCUT2D eigenvalue weighted by atomic mass is 10.2. The molecular formula is C21H18Br2N4O4. The summed E-state index contributed by atoms with van der Waals surface area (Å²) in [6.45, 7) is 5.63. The van der Waals surface area contributed by atoms with E-state index in [4.69, 9.17) is 4.74 Å². The summed E-state index contributed by atoms with van der Waals surface area (Å²) in [5.74, 6) is 0.537. The van der Waals surface area contributed by atoms with Crippen LogP contribution in [0.4, 0.5) is 5.69 Å². The molecule has 3 aromatic rings. The molecule has 2 aromatic carbocycles. The van der Waals surface area contributed by atoms with Crippen LogP contribution in [0.3, 0.4) is 0 Å². The number of benzene rings is 2. The predicted octanol–water partition coefficient (Wildman–Crippen LogP) is 5.23. The molecule has 0 unspecified atom stereocenters. The molecule has 0 bridgehead atoms. The number of rotatable bonds is 8. The van der Waals surface area contributed by atoms with Crippen molar-refractivity contribution in [2.24, 2.45) is 5.10 Å². The molecule has 1 aromatic heterocycles. The number of nitro benzene ring substituents is 1. The Balaban J connectivity index is 2.20. The van der Waals surface area contributed by atoms with Gasteiger partial charge in [0.15, 0.2) is 0 Å².